The second-order valence-electron chi connectivity index (χ2n) is 6.04. The number of aromatic nitrogens is 2. The van der Waals surface area contributed by atoms with E-state index in [0.717, 1.165) is 11.5 Å². The topological polar surface area (TPSA) is 60.5 Å². The molecule has 1 unspecified atom stereocenters. The van der Waals surface area contributed by atoms with Crippen molar-refractivity contribution >= 4 is 5.91 Å². The van der Waals surface area contributed by atoms with Gasteiger partial charge in [0.05, 0.1) is 30.6 Å². The third-order valence-corrected chi connectivity index (χ3v) is 4.40. The van der Waals surface area contributed by atoms with Gasteiger partial charge < -0.3 is 14.1 Å². The summed E-state index contributed by atoms with van der Waals surface area (Å²) in [4.78, 5) is 14.8. The zero-order valence-electron chi connectivity index (χ0n) is 14.1. The monoisotopic (exact) mass is 317 g/mol. The Morgan fingerprint density at radius 1 is 1.48 bits per heavy atom. The number of amides is 1. The van der Waals surface area contributed by atoms with Gasteiger partial charge in [-0.15, -0.1) is 0 Å². The van der Waals surface area contributed by atoms with Crippen LogP contribution in [0.2, 0.25) is 0 Å². The Hall–Kier alpha value is -2.08. The maximum atomic E-state index is 12.9. The van der Waals surface area contributed by atoms with E-state index in [-0.39, 0.29) is 11.8 Å². The molecule has 6 heteroatoms. The Bertz CT molecular complexity index is 717. The van der Waals surface area contributed by atoms with Gasteiger partial charge in [0.15, 0.2) is 0 Å². The van der Waals surface area contributed by atoms with Crippen LogP contribution in [0.1, 0.15) is 46.0 Å². The van der Waals surface area contributed by atoms with Crippen molar-refractivity contribution in [1.29, 1.82) is 0 Å². The number of rotatable bonds is 4. The van der Waals surface area contributed by atoms with Crippen molar-refractivity contribution in [1.82, 2.24) is 14.7 Å². The summed E-state index contributed by atoms with van der Waals surface area (Å²) >= 11 is 0. The quantitative estimate of drug-likeness (QED) is 0.869. The summed E-state index contributed by atoms with van der Waals surface area (Å²) in [6.07, 6.45) is 1.90. The van der Waals surface area contributed by atoms with Gasteiger partial charge in [0.1, 0.15) is 11.5 Å². The lowest BCUT2D eigenvalue weighted by Gasteiger charge is -2.32. The SMILES string of the molecule is CCOCC1CN(C(=O)c2cc(C)oc2C)Cc2c1cnn2C. The molecular formula is C17H23N3O3. The van der Waals surface area contributed by atoms with E-state index in [2.05, 4.69) is 5.10 Å². The molecule has 3 heterocycles. The highest BCUT2D eigenvalue weighted by atomic mass is 16.5. The molecule has 1 amide bonds. The Morgan fingerprint density at radius 2 is 2.26 bits per heavy atom. The lowest BCUT2D eigenvalue weighted by atomic mass is 9.95. The molecule has 0 N–H and O–H groups in total. The van der Waals surface area contributed by atoms with Crippen molar-refractivity contribution in [3.63, 3.8) is 0 Å². The molecule has 124 valence electrons. The molecule has 6 nitrogen and oxygen atoms in total. The van der Waals surface area contributed by atoms with Gasteiger partial charge in [0, 0.05) is 31.7 Å². The molecule has 3 rings (SSSR count). The lowest BCUT2D eigenvalue weighted by molar-refractivity contribution is 0.0647. The number of hydrogen-bond donors (Lipinski definition) is 0. The van der Waals surface area contributed by atoms with E-state index in [1.807, 2.05) is 49.7 Å². The first-order chi connectivity index (χ1) is 11.0. The molecule has 2 aromatic heterocycles. The van der Waals surface area contributed by atoms with Crippen LogP contribution in [0.5, 0.6) is 0 Å². The summed E-state index contributed by atoms with van der Waals surface area (Å²) < 4.78 is 13.0. The third-order valence-electron chi connectivity index (χ3n) is 4.40. The predicted octanol–water partition coefficient (Wildman–Crippen LogP) is 2.41. The van der Waals surface area contributed by atoms with Crippen LogP contribution in [-0.4, -0.2) is 40.3 Å². The fourth-order valence-electron chi connectivity index (χ4n) is 3.20. The number of fused-ring (bicyclic) bond motifs is 1. The van der Waals surface area contributed by atoms with E-state index in [1.165, 1.54) is 5.56 Å². The number of nitrogens with zero attached hydrogens (tertiary/aromatic N) is 3. The van der Waals surface area contributed by atoms with Crippen molar-refractivity contribution in [3.05, 3.63) is 40.6 Å². The van der Waals surface area contributed by atoms with Crippen molar-refractivity contribution in [2.75, 3.05) is 19.8 Å². The molecule has 1 atom stereocenters. The Morgan fingerprint density at radius 3 is 2.91 bits per heavy atom. The second-order valence-corrected chi connectivity index (χ2v) is 6.04. The van der Waals surface area contributed by atoms with Crippen LogP contribution < -0.4 is 0 Å². The minimum absolute atomic E-state index is 0.00713. The van der Waals surface area contributed by atoms with E-state index in [1.54, 1.807) is 0 Å². The van der Waals surface area contributed by atoms with Gasteiger partial charge in [-0.05, 0) is 26.8 Å². The van der Waals surface area contributed by atoms with Crippen LogP contribution in [0.15, 0.2) is 16.7 Å². The first-order valence-electron chi connectivity index (χ1n) is 7.96. The van der Waals surface area contributed by atoms with Gasteiger partial charge in [-0.1, -0.05) is 0 Å². The number of carbonyl (C=O) groups is 1. The molecule has 0 bridgehead atoms. The standard InChI is InChI=1S/C17H23N3O3/c1-5-22-10-13-8-20(9-16-15(13)7-18-19(16)4)17(21)14-6-11(2)23-12(14)3/h6-7,13H,5,8-10H2,1-4H3. The first-order valence-corrected chi connectivity index (χ1v) is 7.96. The average Bonchev–Trinajstić information content (AvgIpc) is 3.06. The van der Waals surface area contributed by atoms with E-state index in [9.17, 15) is 4.79 Å². The summed E-state index contributed by atoms with van der Waals surface area (Å²) in [6.45, 7) is 8.14. The smallest absolute Gasteiger partial charge is 0.257 e. The third kappa shape index (κ3) is 2.91. The molecule has 2 aromatic rings. The molecule has 0 aliphatic carbocycles. The highest BCUT2D eigenvalue weighted by Gasteiger charge is 2.32. The zero-order chi connectivity index (χ0) is 16.6. The minimum Gasteiger partial charge on any atom is -0.466 e. The molecule has 0 saturated carbocycles. The van der Waals surface area contributed by atoms with E-state index < -0.39 is 0 Å². The maximum absolute atomic E-state index is 12.9. The molecule has 0 fully saturated rings. The molecule has 1 aliphatic heterocycles. The van der Waals surface area contributed by atoms with Gasteiger partial charge >= 0.3 is 0 Å². The van der Waals surface area contributed by atoms with Gasteiger partial charge in [-0.2, -0.15) is 5.10 Å². The van der Waals surface area contributed by atoms with Crippen molar-refractivity contribution in [2.45, 2.75) is 33.2 Å². The van der Waals surface area contributed by atoms with Gasteiger partial charge in [0.25, 0.3) is 5.91 Å². The predicted molar refractivity (Wildman–Crippen MR) is 85.4 cm³/mol. The number of ether oxygens (including phenoxy) is 1. The first kappa shape index (κ1) is 15.8. The summed E-state index contributed by atoms with van der Waals surface area (Å²) in [5, 5.41) is 4.35. The average molecular weight is 317 g/mol. The molecule has 0 saturated heterocycles. The van der Waals surface area contributed by atoms with Crippen LogP contribution in [0.25, 0.3) is 0 Å². The fourth-order valence-corrected chi connectivity index (χ4v) is 3.20. The van der Waals surface area contributed by atoms with E-state index in [4.69, 9.17) is 9.15 Å². The molecule has 0 aromatic carbocycles. The number of hydrogen-bond acceptors (Lipinski definition) is 4. The Kier molecular flexibility index (Phi) is 4.26. The van der Waals surface area contributed by atoms with Crippen LogP contribution >= 0.6 is 0 Å². The molecule has 23 heavy (non-hydrogen) atoms. The van der Waals surface area contributed by atoms with Crippen LogP contribution in [0, 0.1) is 13.8 Å². The van der Waals surface area contributed by atoms with Gasteiger partial charge in [0.2, 0.25) is 0 Å². The number of furan rings is 1. The van der Waals surface area contributed by atoms with Crippen molar-refractivity contribution < 1.29 is 13.9 Å². The van der Waals surface area contributed by atoms with Crippen LogP contribution in [0.4, 0.5) is 0 Å². The molecular weight excluding hydrogens is 294 g/mol. The molecule has 0 spiro atoms. The summed E-state index contributed by atoms with van der Waals surface area (Å²) in [5.74, 6) is 1.59. The van der Waals surface area contributed by atoms with Crippen molar-refractivity contribution in [2.24, 2.45) is 7.05 Å². The Balaban J connectivity index is 1.88. The molecule has 0 radical (unpaired) electrons. The summed E-state index contributed by atoms with van der Waals surface area (Å²) in [6, 6.07) is 1.81. The largest absolute Gasteiger partial charge is 0.466 e. The normalized spacial score (nSPS) is 17.4. The Labute approximate surface area is 136 Å². The highest BCUT2D eigenvalue weighted by molar-refractivity contribution is 5.95. The van der Waals surface area contributed by atoms with Crippen molar-refractivity contribution in [3.8, 4) is 0 Å². The minimum atomic E-state index is 0.00713. The number of aryl methyl sites for hydroxylation is 3. The maximum Gasteiger partial charge on any atom is 0.257 e. The fraction of sp³-hybridized carbons (Fsp3) is 0.529. The summed E-state index contributed by atoms with van der Waals surface area (Å²) in [7, 11) is 1.91. The van der Waals surface area contributed by atoms with Crippen LogP contribution in [0.3, 0.4) is 0 Å². The lowest BCUT2D eigenvalue weighted by Crippen LogP contribution is -2.40. The second kappa shape index (κ2) is 6.20. The van der Waals surface area contributed by atoms with E-state index >= 15 is 0 Å². The van der Waals surface area contributed by atoms with Crippen LogP contribution in [-0.2, 0) is 18.3 Å². The van der Waals surface area contributed by atoms with Gasteiger partial charge in [-0.3, -0.25) is 9.48 Å². The number of carbonyl (C=O) groups excluding carboxylic acids is 1. The molecule has 1 aliphatic rings. The van der Waals surface area contributed by atoms with Gasteiger partial charge in [-0.25, -0.2) is 0 Å². The van der Waals surface area contributed by atoms with E-state index in [0.29, 0.717) is 37.6 Å². The zero-order valence-corrected chi connectivity index (χ0v) is 14.1. The highest BCUT2D eigenvalue weighted by Crippen LogP contribution is 2.30. The summed E-state index contributed by atoms with van der Waals surface area (Å²) in [5.41, 5.74) is 2.90.